The number of phenolic OH excluding ortho intramolecular Hbond substituents is 1. The molecule has 3 rings (SSSR count). The van der Waals surface area contributed by atoms with E-state index in [-0.39, 0.29) is 34.8 Å². The number of rotatable bonds is 12. The maximum absolute atomic E-state index is 13.9. The number of ether oxygens (including phenoxy) is 1. The molecule has 1 aliphatic rings. The standard InChI is InChI=1S/C30H39N3O6S/c1-5-25(29(37)32-14-16-39-17-15-32)33(19-40-20(2)3)30(38)27(35)24(18-22-10-7-6-8-11-22)31-28(36)23-12-9-13-26(34)21(23)4/h5-13,20,24-25,27,34-35H,1,14-19H2,2-4H3,(H,31,36)/t24-,25-,27-/m0/s1. The normalized spacial score (nSPS) is 15.7. The molecule has 1 aliphatic heterocycles. The molecule has 40 heavy (non-hydrogen) atoms. The third kappa shape index (κ3) is 8.09. The van der Waals surface area contributed by atoms with E-state index in [4.69, 9.17) is 4.74 Å². The number of benzene rings is 2. The van der Waals surface area contributed by atoms with Gasteiger partial charge in [-0.1, -0.05) is 56.3 Å². The smallest absolute Gasteiger partial charge is 0.255 e. The lowest BCUT2D eigenvalue weighted by Crippen LogP contribution is -2.58. The van der Waals surface area contributed by atoms with E-state index in [0.717, 1.165) is 5.56 Å². The summed E-state index contributed by atoms with van der Waals surface area (Å²) in [5.41, 5.74) is 1.42. The number of nitrogens with zero attached hydrogens (tertiary/aromatic N) is 2. The minimum absolute atomic E-state index is 0.0313. The number of phenols is 1. The number of hydrogen-bond acceptors (Lipinski definition) is 7. The Kier molecular flexibility index (Phi) is 11.6. The van der Waals surface area contributed by atoms with E-state index in [9.17, 15) is 24.6 Å². The van der Waals surface area contributed by atoms with Crippen molar-refractivity contribution in [1.82, 2.24) is 15.1 Å². The second-order valence-electron chi connectivity index (χ2n) is 9.93. The molecule has 2 aromatic carbocycles. The van der Waals surface area contributed by atoms with Gasteiger partial charge in [0.15, 0.2) is 6.10 Å². The zero-order chi connectivity index (χ0) is 29.2. The first-order chi connectivity index (χ1) is 19.1. The predicted molar refractivity (Wildman–Crippen MR) is 156 cm³/mol. The molecule has 0 aromatic heterocycles. The number of thioether (sulfide) groups is 1. The molecule has 3 atom stereocenters. The van der Waals surface area contributed by atoms with Crippen LogP contribution in [-0.4, -0.2) is 93.4 Å². The molecule has 3 amide bonds. The largest absolute Gasteiger partial charge is 0.508 e. The van der Waals surface area contributed by atoms with Crippen LogP contribution in [0.3, 0.4) is 0 Å². The molecule has 3 N–H and O–H groups in total. The highest BCUT2D eigenvalue weighted by Crippen LogP contribution is 2.22. The van der Waals surface area contributed by atoms with Gasteiger partial charge in [-0.25, -0.2) is 0 Å². The van der Waals surface area contributed by atoms with Gasteiger partial charge < -0.3 is 30.1 Å². The molecule has 0 radical (unpaired) electrons. The molecule has 0 bridgehead atoms. The Morgan fingerprint density at radius 3 is 2.42 bits per heavy atom. The van der Waals surface area contributed by atoms with Crippen LogP contribution in [-0.2, 0) is 20.7 Å². The number of carbonyl (C=O) groups is 3. The van der Waals surface area contributed by atoms with Gasteiger partial charge in [0.25, 0.3) is 11.8 Å². The second kappa shape index (κ2) is 14.9. The van der Waals surface area contributed by atoms with Gasteiger partial charge in [0, 0.05) is 29.5 Å². The van der Waals surface area contributed by atoms with Crippen LogP contribution in [0.15, 0.2) is 61.2 Å². The third-order valence-corrected chi connectivity index (χ3v) is 7.86. The Morgan fingerprint density at radius 1 is 1.12 bits per heavy atom. The summed E-state index contributed by atoms with van der Waals surface area (Å²) >= 11 is 1.46. The lowest BCUT2D eigenvalue weighted by atomic mass is 9.98. The minimum atomic E-state index is -1.66. The summed E-state index contributed by atoms with van der Waals surface area (Å²) in [7, 11) is 0. The molecule has 0 aliphatic carbocycles. The molecule has 1 saturated heterocycles. The second-order valence-corrected chi connectivity index (χ2v) is 11.5. The maximum atomic E-state index is 13.9. The van der Waals surface area contributed by atoms with Gasteiger partial charge in [0.1, 0.15) is 11.8 Å². The summed E-state index contributed by atoms with van der Waals surface area (Å²) in [6.45, 7) is 11.0. The first kappa shape index (κ1) is 31.2. The van der Waals surface area contributed by atoms with Crippen molar-refractivity contribution in [1.29, 1.82) is 0 Å². The van der Waals surface area contributed by atoms with Crippen molar-refractivity contribution >= 4 is 29.5 Å². The van der Waals surface area contributed by atoms with Crippen molar-refractivity contribution in [2.24, 2.45) is 0 Å². The van der Waals surface area contributed by atoms with Crippen LogP contribution in [0.2, 0.25) is 0 Å². The molecular formula is C30H39N3O6S. The van der Waals surface area contributed by atoms with E-state index in [1.807, 2.05) is 44.2 Å². The molecule has 10 heteroatoms. The first-order valence-electron chi connectivity index (χ1n) is 13.4. The molecule has 0 unspecified atom stereocenters. The van der Waals surface area contributed by atoms with E-state index in [2.05, 4.69) is 11.9 Å². The Labute approximate surface area is 240 Å². The molecule has 216 valence electrons. The van der Waals surface area contributed by atoms with Gasteiger partial charge in [0.05, 0.1) is 25.1 Å². The summed E-state index contributed by atoms with van der Waals surface area (Å²) < 4.78 is 5.37. The number of carbonyl (C=O) groups excluding carboxylic acids is 3. The molecule has 2 aromatic rings. The number of morpholine rings is 1. The number of hydrogen-bond donors (Lipinski definition) is 3. The van der Waals surface area contributed by atoms with Crippen LogP contribution in [0, 0.1) is 6.92 Å². The van der Waals surface area contributed by atoms with Crippen molar-refractivity contribution in [2.75, 3.05) is 32.2 Å². The molecule has 1 heterocycles. The lowest BCUT2D eigenvalue weighted by Gasteiger charge is -2.37. The lowest BCUT2D eigenvalue weighted by molar-refractivity contribution is -0.150. The topological polar surface area (TPSA) is 119 Å². The van der Waals surface area contributed by atoms with Crippen molar-refractivity contribution < 1.29 is 29.3 Å². The molecule has 0 saturated carbocycles. The number of aliphatic hydroxyl groups is 1. The van der Waals surface area contributed by atoms with Gasteiger partial charge in [-0.15, -0.1) is 18.3 Å². The summed E-state index contributed by atoms with van der Waals surface area (Å²) in [5.74, 6) is -1.39. The van der Waals surface area contributed by atoms with Crippen molar-refractivity contribution in [2.45, 2.75) is 50.6 Å². The molecule has 0 spiro atoms. The van der Waals surface area contributed by atoms with Crippen LogP contribution in [0.4, 0.5) is 0 Å². The Bertz CT molecular complexity index is 1170. The highest BCUT2D eigenvalue weighted by Gasteiger charge is 2.38. The third-order valence-electron chi connectivity index (χ3n) is 6.76. The fourth-order valence-electron chi connectivity index (χ4n) is 4.41. The van der Waals surface area contributed by atoms with Gasteiger partial charge in [-0.2, -0.15) is 0 Å². The van der Waals surface area contributed by atoms with E-state index >= 15 is 0 Å². The van der Waals surface area contributed by atoms with Crippen molar-refractivity contribution in [3.63, 3.8) is 0 Å². The first-order valence-corrected chi connectivity index (χ1v) is 14.4. The van der Waals surface area contributed by atoms with Crippen LogP contribution >= 0.6 is 11.8 Å². The quantitative estimate of drug-likeness (QED) is 0.266. The Morgan fingerprint density at radius 2 is 1.80 bits per heavy atom. The SMILES string of the molecule is C=C[C@@H](C(=O)N1CCOCC1)N(CSC(C)C)C(=O)[C@@H](O)[C@H](Cc1ccccc1)NC(=O)c1cccc(O)c1C. The molecule has 9 nitrogen and oxygen atoms in total. The summed E-state index contributed by atoms with van der Waals surface area (Å²) in [6, 6.07) is 11.8. The minimum Gasteiger partial charge on any atom is -0.508 e. The van der Waals surface area contributed by atoms with Gasteiger partial charge in [-0.05, 0) is 31.0 Å². The van der Waals surface area contributed by atoms with E-state index in [1.54, 1.807) is 24.0 Å². The number of amides is 3. The average Bonchev–Trinajstić information content (AvgIpc) is 2.96. The summed E-state index contributed by atoms with van der Waals surface area (Å²) in [5, 5.41) is 24.5. The number of aromatic hydroxyl groups is 1. The van der Waals surface area contributed by atoms with Crippen molar-refractivity contribution in [3.8, 4) is 5.75 Å². The monoisotopic (exact) mass is 569 g/mol. The number of nitrogens with one attached hydrogen (secondary N) is 1. The maximum Gasteiger partial charge on any atom is 0.255 e. The Hall–Kier alpha value is -3.34. The summed E-state index contributed by atoms with van der Waals surface area (Å²) in [6.07, 6.45) is -0.0717. The van der Waals surface area contributed by atoms with E-state index < -0.39 is 30.0 Å². The zero-order valence-electron chi connectivity index (χ0n) is 23.3. The van der Waals surface area contributed by atoms with Crippen LogP contribution in [0.1, 0.15) is 35.3 Å². The highest BCUT2D eigenvalue weighted by atomic mass is 32.2. The fraction of sp³-hybridized carbons (Fsp3) is 0.433. The van der Waals surface area contributed by atoms with Gasteiger partial charge in [0.2, 0.25) is 5.91 Å². The van der Waals surface area contributed by atoms with Crippen molar-refractivity contribution in [3.05, 3.63) is 77.9 Å². The van der Waals surface area contributed by atoms with Crippen LogP contribution in [0.25, 0.3) is 0 Å². The van der Waals surface area contributed by atoms with Gasteiger partial charge >= 0.3 is 0 Å². The molecular weight excluding hydrogens is 530 g/mol. The zero-order valence-corrected chi connectivity index (χ0v) is 24.1. The summed E-state index contributed by atoms with van der Waals surface area (Å²) in [4.78, 5) is 43.7. The Balaban J connectivity index is 1.92. The van der Waals surface area contributed by atoms with E-state index in [1.165, 1.54) is 28.8 Å². The fourth-order valence-corrected chi connectivity index (χ4v) is 5.16. The predicted octanol–water partition coefficient (Wildman–Crippen LogP) is 2.74. The van der Waals surface area contributed by atoms with Crippen LogP contribution < -0.4 is 5.32 Å². The average molecular weight is 570 g/mol. The number of aliphatic hydroxyl groups excluding tert-OH is 1. The highest BCUT2D eigenvalue weighted by molar-refractivity contribution is 7.99. The van der Waals surface area contributed by atoms with E-state index in [0.29, 0.717) is 31.9 Å². The van der Waals surface area contributed by atoms with Crippen LogP contribution in [0.5, 0.6) is 5.75 Å². The van der Waals surface area contributed by atoms with Gasteiger partial charge in [-0.3, -0.25) is 14.4 Å². The molecule has 1 fully saturated rings.